The zero-order valence-electron chi connectivity index (χ0n) is 12.8. The molecule has 1 aromatic heterocycles. The normalized spacial score (nSPS) is 23.1. The molecule has 1 aliphatic carbocycles. The van der Waals surface area contributed by atoms with E-state index in [-0.39, 0.29) is 16.5 Å². The van der Waals surface area contributed by atoms with Crippen LogP contribution in [0.3, 0.4) is 0 Å². The maximum absolute atomic E-state index is 12.1. The van der Waals surface area contributed by atoms with Gasteiger partial charge >= 0.3 is 0 Å². The molecule has 0 amide bonds. The Labute approximate surface area is 131 Å². The number of nitrogens with one attached hydrogen (secondary N) is 1. The Bertz CT molecular complexity index is 569. The molecule has 0 saturated heterocycles. The highest BCUT2D eigenvalue weighted by Gasteiger charge is 2.24. The van der Waals surface area contributed by atoms with E-state index < -0.39 is 9.84 Å². The fourth-order valence-electron chi connectivity index (χ4n) is 3.06. The van der Waals surface area contributed by atoms with Crippen LogP contribution in [0.1, 0.15) is 46.0 Å². The zero-order valence-corrected chi connectivity index (χ0v) is 14.4. The summed E-state index contributed by atoms with van der Waals surface area (Å²) in [5.74, 6) is 1.73. The third-order valence-corrected chi connectivity index (χ3v) is 6.99. The van der Waals surface area contributed by atoms with Crippen molar-refractivity contribution in [3.63, 3.8) is 0 Å². The summed E-state index contributed by atoms with van der Waals surface area (Å²) < 4.78 is 28.1. The smallest absolute Gasteiger partial charge is 0.184 e. The Morgan fingerprint density at radius 3 is 2.86 bits per heavy atom. The lowest BCUT2D eigenvalue weighted by Gasteiger charge is -2.26. The number of anilines is 2. The molecule has 1 heterocycles. The highest BCUT2D eigenvalue weighted by molar-refractivity contribution is 7.91. The molecular weight excluding hydrogens is 306 g/mol. The molecule has 0 aromatic carbocycles. The Balaban J connectivity index is 1.95. The van der Waals surface area contributed by atoms with Gasteiger partial charge in [-0.1, -0.05) is 33.1 Å². The topological polar surface area (TPSA) is 85.1 Å². The zero-order chi connectivity index (χ0) is 15.5. The van der Waals surface area contributed by atoms with Crippen molar-refractivity contribution in [2.75, 3.05) is 23.3 Å². The van der Waals surface area contributed by atoms with Crippen molar-refractivity contribution in [1.82, 2.24) is 4.37 Å². The van der Waals surface area contributed by atoms with Crippen molar-refractivity contribution >= 4 is 32.2 Å². The van der Waals surface area contributed by atoms with Gasteiger partial charge in [0.15, 0.2) is 15.7 Å². The van der Waals surface area contributed by atoms with Crippen LogP contribution in [-0.4, -0.2) is 25.1 Å². The average molecular weight is 332 g/mol. The summed E-state index contributed by atoms with van der Waals surface area (Å²) in [6.45, 7) is 4.72. The molecule has 120 valence electrons. The molecule has 3 N–H and O–H groups in total. The largest absolute Gasteiger partial charge is 0.382 e. The van der Waals surface area contributed by atoms with Gasteiger partial charge in [0.2, 0.25) is 0 Å². The summed E-state index contributed by atoms with van der Waals surface area (Å²) in [5, 5.41) is 3.83. The van der Waals surface area contributed by atoms with Gasteiger partial charge in [-0.05, 0) is 36.2 Å². The van der Waals surface area contributed by atoms with Crippen molar-refractivity contribution in [1.29, 1.82) is 0 Å². The lowest BCUT2D eigenvalue weighted by molar-refractivity contribution is 0.274. The predicted octanol–water partition coefficient (Wildman–Crippen LogP) is 3.15. The lowest BCUT2D eigenvalue weighted by atomic mass is 9.81. The summed E-state index contributed by atoms with van der Waals surface area (Å²) in [5.41, 5.74) is 5.72. The van der Waals surface area contributed by atoms with Crippen molar-refractivity contribution in [3.8, 4) is 0 Å². The van der Waals surface area contributed by atoms with Gasteiger partial charge in [-0.15, -0.1) is 0 Å². The van der Waals surface area contributed by atoms with Crippen LogP contribution in [-0.2, 0) is 9.84 Å². The van der Waals surface area contributed by atoms with Crippen molar-refractivity contribution < 1.29 is 8.42 Å². The minimum absolute atomic E-state index is 0.0461. The molecule has 0 aliphatic heterocycles. The average Bonchev–Trinajstić information content (AvgIpc) is 2.81. The number of nitrogens with zero attached hydrogens (tertiary/aromatic N) is 1. The fraction of sp³-hybridized carbons (Fsp3) is 0.786. The summed E-state index contributed by atoms with van der Waals surface area (Å²) in [6, 6.07) is 0. The van der Waals surface area contributed by atoms with Gasteiger partial charge in [0, 0.05) is 6.54 Å². The molecule has 0 radical (unpaired) electrons. The highest BCUT2D eigenvalue weighted by atomic mass is 32.2. The molecule has 7 heteroatoms. The van der Waals surface area contributed by atoms with Gasteiger partial charge in [-0.25, -0.2) is 8.42 Å². The third kappa shape index (κ3) is 4.10. The van der Waals surface area contributed by atoms with E-state index in [0.29, 0.717) is 5.00 Å². The van der Waals surface area contributed by atoms with Gasteiger partial charge in [0.25, 0.3) is 0 Å². The van der Waals surface area contributed by atoms with E-state index in [4.69, 9.17) is 5.73 Å². The monoisotopic (exact) mass is 331 g/mol. The maximum atomic E-state index is 12.1. The SMILES string of the molecule is CCS(=O)(=O)c1c(N)nsc1NCCC1CCCC(C)C1. The lowest BCUT2D eigenvalue weighted by Crippen LogP contribution is -2.17. The first-order valence-electron chi connectivity index (χ1n) is 7.65. The number of nitrogen functional groups attached to an aromatic ring is 1. The summed E-state index contributed by atoms with van der Waals surface area (Å²) in [7, 11) is -3.32. The van der Waals surface area contributed by atoms with Crippen LogP contribution in [0.25, 0.3) is 0 Å². The van der Waals surface area contributed by atoms with E-state index in [1.807, 2.05) is 0 Å². The minimum atomic E-state index is -3.32. The first kappa shape index (κ1) is 16.5. The highest BCUT2D eigenvalue weighted by Crippen LogP contribution is 2.33. The number of sulfone groups is 1. The van der Waals surface area contributed by atoms with E-state index in [9.17, 15) is 8.42 Å². The van der Waals surface area contributed by atoms with Gasteiger partial charge in [-0.2, -0.15) is 4.37 Å². The Morgan fingerprint density at radius 1 is 1.43 bits per heavy atom. The Morgan fingerprint density at radius 2 is 2.19 bits per heavy atom. The predicted molar refractivity (Wildman–Crippen MR) is 88.5 cm³/mol. The van der Waals surface area contributed by atoms with Gasteiger partial charge in [-0.3, -0.25) is 0 Å². The van der Waals surface area contributed by atoms with Crippen LogP contribution in [0.15, 0.2) is 4.90 Å². The van der Waals surface area contributed by atoms with Gasteiger partial charge < -0.3 is 11.1 Å². The minimum Gasteiger partial charge on any atom is -0.382 e. The molecule has 5 nitrogen and oxygen atoms in total. The van der Waals surface area contributed by atoms with Crippen LogP contribution in [0.4, 0.5) is 10.8 Å². The number of rotatable bonds is 6. The molecular formula is C14H25N3O2S2. The van der Waals surface area contributed by atoms with E-state index in [1.54, 1.807) is 6.92 Å². The molecule has 1 fully saturated rings. The standard InChI is InChI=1S/C14H25N3O2S2/c1-3-21(18,19)12-13(15)17-20-14(12)16-8-7-11-6-4-5-10(2)9-11/h10-11,16H,3-9H2,1-2H3,(H2,15,17). The summed E-state index contributed by atoms with van der Waals surface area (Å²) >= 11 is 1.14. The molecule has 2 unspecified atom stereocenters. The van der Waals surface area contributed by atoms with Gasteiger partial charge in [0.05, 0.1) is 5.75 Å². The second kappa shape index (κ2) is 6.96. The van der Waals surface area contributed by atoms with Gasteiger partial charge in [0.1, 0.15) is 9.90 Å². The van der Waals surface area contributed by atoms with E-state index >= 15 is 0 Å². The molecule has 0 bridgehead atoms. The van der Waals surface area contributed by atoms with Crippen molar-refractivity contribution in [2.45, 2.75) is 50.8 Å². The van der Waals surface area contributed by atoms with Crippen molar-refractivity contribution in [3.05, 3.63) is 0 Å². The molecule has 1 saturated carbocycles. The number of hydrogen-bond donors (Lipinski definition) is 2. The van der Waals surface area contributed by atoms with Crippen LogP contribution in [0, 0.1) is 11.8 Å². The quantitative estimate of drug-likeness (QED) is 0.836. The van der Waals surface area contributed by atoms with Crippen LogP contribution in [0.5, 0.6) is 0 Å². The van der Waals surface area contributed by atoms with E-state index in [2.05, 4.69) is 16.6 Å². The first-order chi connectivity index (χ1) is 9.94. The second-order valence-electron chi connectivity index (χ2n) is 5.98. The summed E-state index contributed by atoms with van der Waals surface area (Å²) in [4.78, 5) is 0.187. The summed E-state index contributed by atoms with van der Waals surface area (Å²) in [6.07, 6.45) is 6.31. The van der Waals surface area contributed by atoms with E-state index in [0.717, 1.165) is 36.3 Å². The molecule has 1 aromatic rings. The van der Waals surface area contributed by atoms with Crippen LogP contribution in [0.2, 0.25) is 0 Å². The molecule has 2 rings (SSSR count). The maximum Gasteiger partial charge on any atom is 0.184 e. The van der Waals surface area contributed by atoms with E-state index in [1.165, 1.54) is 25.7 Å². The van der Waals surface area contributed by atoms with Crippen LogP contribution < -0.4 is 11.1 Å². The molecule has 0 spiro atoms. The molecule has 2 atom stereocenters. The second-order valence-corrected chi connectivity index (χ2v) is 8.97. The number of aromatic nitrogens is 1. The third-order valence-electron chi connectivity index (χ3n) is 4.25. The molecule has 21 heavy (non-hydrogen) atoms. The number of nitrogens with two attached hydrogens (primary N) is 1. The van der Waals surface area contributed by atoms with Crippen LogP contribution >= 0.6 is 11.5 Å². The Hall–Kier alpha value is -0.820. The van der Waals surface area contributed by atoms with Crippen molar-refractivity contribution in [2.24, 2.45) is 11.8 Å². The first-order valence-corrected chi connectivity index (χ1v) is 10.1. The number of hydrogen-bond acceptors (Lipinski definition) is 6. The fourth-order valence-corrected chi connectivity index (χ4v) is 5.26. The molecule has 1 aliphatic rings. The Kier molecular flexibility index (Phi) is 5.48.